The first kappa shape index (κ1) is 14.2. The first-order chi connectivity index (χ1) is 9.54. The molecule has 20 heavy (non-hydrogen) atoms. The Balaban J connectivity index is 2.07. The fraction of sp³-hybridized carbons (Fsp3) is 0.500. The fourth-order valence-corrected chi connectivity index (χ4v) is 1.96. The normalized spacial score (nSPS) is 17.2. The van der Waals surface area contributed by atoms with Crippen LogP contribution in [0, 0.1) is 21.4 Å². The van der Waals surface area contributed by atoms with Crippen LogP contribution in [0.5, 0.6) is 0 Å². The molecule has 0 aliphatic carbocycles. The summed E-state index contributed by atoms with van der Waals surface area (Å²) in [6.45, 7) is 1.25. The summed E-state index contributed by atoms with van der Waals surface area (Å²) >= 11 is 0. The van der Waals surface area contributed by atoms with Gasteiger partial charge in [0.25, 0.3) is 0 Å². The summed E-state index contributed by atoms with van der Waals surface area (Å²) in [4.78, 5) is 13.9. The van der Waals surface area contributed by atoms with Crippen LogP contribution < -0.4 is 5.32 Å². The average molecular weight is 278 g/mol. The van der Waals surface area contributed by atoms with E-state index in [1.165, 1.54) is 12.1 Å². The number of nitro groups is 1. The van der Waals surface area contributed by atoms with Crippen LogP contribution in [-0.2, 0) is 4.74 Å². The minimum absolute atomic E-state index is 0.251. The van der Waals surface area contributed by atoms with Gasteiger partial charge in [0.15, 0.2) is 0 Å². The molecule has 0 amide bonds. The Bertz CT molecular complexity index is 549. The van der Waals surface area contributed by atoms with Crippen molar-refractivity contribution in [2.75, 3.05) is 25.1 Å². The zero-order chi connectivity index (χ0) is 14.6. The van der Waals surface area contributed by atoms with Gasteiger partial charge in [-0.05, 0) is 6.07 Å². The summed E-state index contributed by atoms with van der Waals surface area (Å²) in [6, 6.07) is 4.33. The number of ether oxygens (including phenoxy) is 1. The first-order valence-corrected chi connectivity index (χ1v) is 6.14. The monoisotopic (exact) mass is 278 g/mol. The Kier molecular flexibility index (Phi) is 4.12. The van der Waals surface area contributed by atoms with E-state index in [1.54, 1.807) is 6.07 Å². The molecule has 0 bridgehead atoms. The van der Waals surface area contributed by atoms with E-state index in [2.05, 4.69) is 10.3 Å². The van der Waals surface area contributed by atoms with E-state index < -0.39 is 10.5 Å². The van der Waals surface area contributed by atoms with E-state index in [9.17, 15) is 15.2 Å². The first-order valence-electron chi connectivity index (χ1n) is 6.14. The minimum atomic E-state index is -0.880. The highest BCUT2D eigenvalue weighted by atomic mass is 16.6. The lowest BCUT2D eigenvalue weighted by molar-refractivity contribution is -0.385. The van der Waals surface area contributed by atoms with Gasteiger partial charge in [0, 0.05) is 38.7 Å². The smallest absolute Gasteiger partial charge is 0.305 e. The van der Waals surface area contributed by atoms with Crippen LogP contribution in [0.15, 0.2) is 12.1 Å². The van der Waals surface area contributed by atoms with Crippen molar-refractivity contribution in [2.24, 2.45) is 0 Å². The van der Waals surface area contributed by atoms with Gasteiger partial charge in [-0.1, -0.05) is 0 Å². The van der Waals surface area contributed by atoms with Crippen molar-refractivity contribution in [1.29, 1.82) is 5.26 Å². The third-order valence-electron chi connectivity index (χ3n) is 3.20. The van der Waals surface area contributed by atoms with Crippen LogP contribution in [0.2, 0.25) is 0 Å². The maximum Gasteiger partial charge on any atom is 0.305 e. The number of nitriles is 1. The average Bonchev–Trinajstić information content (AvgIpc) is 2.45. The molecule has 2 N–H and O–H groups in total. The second-order valence-electron chi connectivity index (χ2n) is 4.62. The molecule has 0 unspecified atom stereocenters. The summed E-state index contributed by atoms with van der Waals surface area (Å²) in [5.74, 6) is 0.326. The SMILES string of the molecule is N#Cc1nc(NCC2(O)CCOCC2)ccc1[N+](=O)[O-]. The molecule has 1 aliphatic rings. The summed E-state index contributed by atoms with van der Waals surface area (Å²) < 4.78 is 5.17. The highest BCUT2D eigenvalue weighted by molar-refractivity contribution is 5.50. The molecule has 1 saturated heterocycles. The molecule has 0 aromatic carbocycles. The summed E-state index contributed by atoms with van der Waals surface area (Å²) in [6.07, 6.45) is 1.02. The van der Waals surface area contributed by atoms with Crippen LogP contribution >= 0.6 is 0 Å². The predicted octanol–water partition coefficient (Wildman–Crippen LogP) is 0.815. The van der Waals surface area contributed by atoms with Gasteiger partial charge in [-0.2, -0.15) is 5.26 Å². The number of hydrogen-bond acceptors (Lipinski definition) is 7. The summed E-state index contributed by atoms with van der Waals surface area (Å²) in [5.41, 5.74) is -1.46. The Morgan fingerprint density at radius 1 is 1.55 bits per heavy atom. The second-order valence-corrected chi connectivity index (χ2v) is 4.62. The zero-order valence-corrected chi connectivity index (χ0v) is 10.7. The minimum Gasteiger partial charge on any atom is -0.388 e. The Hall–Kier alpha value is -2.24. The summed E-state index contributed by atoms with van der Waals surface area (Å²) in [5, 5.41) is 32.7. The van der Waals surface area contributed by atoms with Gasteiger partial charge < -0.3 is 15.2 Å². The van der Waals surface area contributed by atoms with Gasteiger partial charge in [0.05, 0.1) is 10.5 Å². The van der Waals surface area contributed by atoms with Gasteiger partial charge in [0.1, 0.15) is 11.9 Å². The summed E-state index contributed by atoms with van der Waals surface area (Å²) in [7, 11) is 0. The van der Waals surface area contributed by atoms with Gasteiger partial charge in [-0.3, -0.25) is 10.1 Å². The van der Waals surface area contributed by atoms with Crippen molar-refractivity contribution in [3.05, 3.63) is 27.9 Å². The molecule has 8 heteroatoms. The molecule has 1 aliphatic heterocycles. The van der Waals surface area contributed by atoms with E-state index in [-0.39, 0.29) is 17.9 Å². The van der Waals surface area contributed by atoms with Crippen LogP contribution in [0.1, 0.15) is 18.5 Å². The molecule has 0 saturated carbocycles. The highest BCUT2D eigenvalue weighted by Crippen LogP contribution is 2.22. The van der Waals surface area contributed by atoms with E-state index >= 15 is 0 Å². The molecule has 0 radical (unpaired) electrons. The molecule has 1 aromatic heterocycles. The van der Waals surface area contributed by atoms with E-state index in [1.807, 2.05) is 0 Å². The number of nitrogens with zero attached hydrogens (tertiary/aromatic N) is 3. The Labute approximate surface area is 115 Å². The highest BCUT2D eigenvalue weighted by Gasteiger charge is 2.29. The lowest BCUT2D eigenvalue weighted by Gasteiger charge is -2.32. The third-order valence-corrected chi connectivity index (χ3v) is 3.20. The second kappa shape index (κ2) is 5.81. The predicted molar refractivity (Wildman–Crippen MR) is 69.1 cm³/mol. The van der Waals surface area contributed by atoms with Crippen molar-refractivity contribution >= 4 is 11.5 Å². The standard InChI is InChI=1S/C12H14N4O4/c13-7-9-10(16(18)19)1-2-11(15-9)14-8-12(17)3-5-20-6-4-12/h1-2,17H,3-6,8H2,(H,14,15). The number of pyridine rings is 1. The van der Waals surface area contributed by atoms with Gasteiger partial charge in [-0.15, -0.1) is 0 Å². The van der Waals surface area contributed by atoms with Crippen molar-refractivity contribution in [3.8, 4) is 6.07 Å². The zero-order valence-electron chi connectivity index (χ0n) is 10.7. The Morgan fingerprint density at radius 2 is 2.25 bits per heavy atom. The van der Waals surface area contributed by atoms with Crippen LogP contribution in [0.25, 0.3) is 0 Å². The van der Waals surface area contributed by atoms with Crippen molar-refractivity contribution in [3.63, 3.8) is 0 Å². The third kappa shape index (κ3) is 3.20. The molecular weight excluding hydrogens is 264 g/mol. The van der Waals surface area contributed by atoms with E-state index in [4.69, 9.17) is 10.00 Å². The maximum atomic E-state index is 10.7. The molecule has 2 rings (SSSR count). The van der Waals surface area contributed by atoms with Crippen molar-refractivity contribution in [2.45, 2.75) is 18.4 Å². The lowest BCUT2D eigenvalue weighted by atomic mass is 9.94. The topological polar surface area (TPSA) is 121 Å². The molecule has 0 atom stereocenters. The number of aliphatic hydroxyl groups is 1. The van der Waals surface area contributed by atoms with Gasteiger partial charge in [0.2, 0.25) is 5.69 Å². The van der Waals surface area contributed by atoms with E-state index in [0.29, 0.717) is 31.9 Å². The fourth-order valence-electron chi connectivity index (χ4n) is 1.96. The quantitative estimate of drug-likeness (QED) is 0.617. The van der Waals surface area contributed by atoms with Crippen LogP contribution in [0.3, 0.4) is 0 Å². The van der Waals surface area contributed by atoms with E-state index in [0.717, 1.165) is 0 Å². The van der Waals surface area contributed by atoms with Gasteiger partial charge in [-0.25, -0.2) is 4.98 Å². The lowest BCUT2D eigenvalue weighted by Crippen LogP contribution is -2.42. The molecule has 8 nitrogen and oxygen atoms in total. The largest absolute Gasteiger partial charge is 0.388 e. The molecule has 106 valence electrons. The number of hydrogen-bond donors (Lipinski definition) is 2. The van der Waals surface area contributed by atoms with Crippen LogP contribution in [0.4, 0.5) is 11.5 Å². The van der Waals surface area contributed by atoms with Gasteiger partial charge >= 0.3 is 5.69 Å². The van der Waals surface area contributed by atoms with Crippen LogP contribution in [-0.4, -0.2) is 40.4 Å². The number of nitrogens with one attached hydrogen (secondary N) is 1. The number of rotatable bonds is 4. The maximum absolute atomic E-state index is 10.7. The molecule has 0 spiro atoms. The Morgan fingerprint density at radius 3 is 2.85 bits per heavy atom. The van der Waals surface area contributed by atoms with Crippen molar-refractivity contribution < 1.29 is 14.8 Å². The number of anilines is 1. The molecular formula is C12H14N4O4. The molecule has 1 fully saturated rings. The number of aromatic nitrogens is 1. The molecule has 2 heterocycles. The van der Waals surface area contributed by atoms with Crippen molar-refractivity contribution in [1.82, 2.24) is 4.98 Å². The molecule has 1 aromatic rings.